The van der Waals surface area contributed by atoms with Gasteiger partial charge in [-0.3, -0.25) is 4.98 Å². The number of aryl methyl sites for hydroxylation is 1. The van der Waals surface area contributed by atoms with Crippen molar-refractivity contribution >= 4 is 0 Å². The first-order valence-electron chi connectivity index (χ1n) is 5.59. The number of piperidine rings is 1. The van der Waals surface area contributed by atoms with Crippen molar-refractivity contribution in [1.82, 2.24) is 10.3 Å². The largest absolute Gasteiger partial charge is 0.309 e. The summed E-state index contributed by atoms with van der Waals surface area (Å²) in [5.41, 5.74) is 2.67. The van der Waals surface area contributed by atoms with Gasteiger partial charge < -0.3 is 5.32 Å². The Bertz CT molecular complexity index is 290. The zero-order valence-corrected chi connectivity index (χ0v) is 8.79. The summed E-state index contributed by atoms with van der Waals surface area (Å²) in [5.74, 6) is 0. The second-order valence-electron chi connectivity index (χ2n) is 3.90. The lowest BCUT2D eigenvalue weighted by Crippen LogP contribution is -2.28. The molecule has 2 heterocycles. The lowest BCUT2D eigenvalue weighted by Gasteiger charge is -2.24. The van der Waals surface area contributed by atoms with Crippen LogP contribution in [0, 0.1) is 0 Å². The van der Waals surface area contributed by atoms with E-state index in [1.165, 1.54) is 30.5 Å². The molecule has 0 saturated carbocycles. The highest BCUT2D eigenvalue weighted by atomic mass is 14.9. The molecule has 0 bridgehead atoms. The van der Waals surface area contributed by atoms with Crippen LogP contribution >= 0.6 is 0 Å². The van der Waals surface area contributed by atoms with Crippen LogP contribution in [0.1, 0.15) is 43.5 Å². The van der Waals surface area contributed by atoms with Crippen LogP contribution in [-0.4, -0.2) is 11.5 Å². The molecule has 1 aliphatic rings. The summed E-state index contributed by atoms with van der Waals surface area (Å²) in [7, 11) is 0. The van der Waals surface area contributed by atoms with Crippen molar-refractivity contribution in [1.29, 1.82) is 0 Å². The zero-order valence-electron chi connectivity index (χ0n) is 8.79. The average molecular weight is 190 g/mol. The molecule has 0 amide bonds. The van der Waals surface area contributed by atoms with Crippen molar-refractivity contribution in [3.05, 3.63) is 29.6 Å². The zero-order chi connectivity index (χ0) is 9.80. The molecule has 0 aliphatic carbocycles. The second-order valence-corrected chi connectivity index (χ2v) is 3.90. The van der Waals surface area contributed by atoms with Gasteiger partial charge in [0, 0.05) is 12.2 Å². The Labute approximate surface area is 85.7 Å². The molecule has 1 saturated heterocycles. The summed E-state index contributed by atoms with van der Waals surface area (Å²) < 4.78 is 0. The van der Waals surface area contributed by atoms with E-state index in [1.807, 2.05) is 12.3 Å². The lowest BCUT2D eigenvalue weighted by atomic mass is 9.97. The highest BCUT2D eigenvalue weighted by Crippen LogP contribution is 2.23. The van der Waals surface area contributed by atoms with Crippen molar-refractivity contribution in [3.63, 3.8) is 0 Å². The van der Waals surface area contributed by atoms with Crippen molar-refractivity contribution in [2.75, 3.05) is 6.54 Å². The Kier molecular flexibility index (Phi) is 3.14. The lowest BCUT2D eigenvalue weighted by molar-refractivity contribution is 0.403. The first-order valence-corrected chi connectivity index (χ1v) is 5.59. The van der Waals surface area contributed by atoms with Gasteiger partial charge in [0.25, 0.3) is 0 Å². The summed E-state index contributed by atoms with van der Waals surface area (Å²) in [6, 6.07) is 4.73. The summed E-state index contributed by atoms with van der Waals surface area (Å²) in [6.45, 7) is 3.34. The Balaban J connectivity index is 2.20. The highest BCUT2D eigenvalue weighted by Gasteiger charge is 2.17. The van der Waals surface area contributed by atoms with Gasteiger partial charge in [-0.25, -0.2) is 0 Å². The van der Waals surface area contributed by atoms with Crippen LogP contribution in [0.25, 0.3) is 0 Å². The first kappa shape index (κ1) is 9.66. The van der Waals surface area contributed by atoms with Crippen LogP contribution < -0.4 is 5.32 Å². The molecule has 0 spiro atoms. The van der Waals surface area contributed by atoms with E-state index in [4.69, 9.17) is 0 Å². The van der Waals surface area contributed by atoms with E-state index in [9.17, 15) is 0 Å². The minimum Gasteiger partial charge on any atom is -0.309 e. The molecule has 76 valence electrons. The fourth-order valence-corrected chi connectivity index (χ4v) is 2.15. The fraction of sp³-hybridized carbons (Fsp3) is 0.583. The monoisotopic (exact) mass is 190 g/mol. The molecule has 1 N–H and O–H groups in total. The molecule has 1 aliphatic heterocycles. The van der Waals surface area contributed by atoms with E-state index in [0.717, 1.165) is 13.0 Å². The van der Waals surface area contributed by atoms with E-state index in [2.05, 4.69) is 23.3 Å². The Morgan fingerprint density at radius 3 is 3.14 bits per heavy atom. The van der Waals surface area contributed by atoms with E-state index < -0.39 is 0 Å². The predicted octanol–water partition coefficient (Wildman–Crippen LogP) is 2.46. The first-order chi connectivity index (χ1) is 6.92. The van der Waals surface area contributed by atoms with Gasteiger partial charge in [0.05, 0.1) is 5.69 Å². The van der Waals surface area contributed by atoms with E-state index in [1.54, 1.807) is 0 Å². The molecule has 1 fully saturated rings. The minimum atomic E-state index is 0.500. The van der Waals surface area contributed by atoms with Crippen molar-refractivity contribution in [3.8, 4) is 0 Å². The summed E-state index contributed by atoms with van der Waals surface area (Å²) in [6.07, 6.45) is 6.87. The highest BCUT2D eigenvalue weighted by molar-refractivity contribution is 5.23. The van der Waals surface area contributed by atoms with Crippen LogP contribution in [0.3, 0.4) is 0 Å². The van der Waals surface area contributed by atoms with Gasteiger partial charge in [0.2, 0.25) is 0 Å². The topological polar surface area (TPSA) is 24.9 Å². The van der Waals surface area contributed by atoms with E-state index in [-0.39, 0.29) is 0 Å². The third kappa shape index (κ3) is 1.95. The number of hydrogen-bond acceptors (Lipinski definition) is 2. The molecule has 14 heavy (non-hydrogen) atoms. The number of rotatable bonds is 2. The molecule has 1 unspecified atom stereocenters. The average Bonchev–Trinajstić information content (AvgIpc) is 2.30. The number of pyridine rings is 1. The molecule has 2 nitrogen and oxygen atoms in total. The van der Waals surface area contributed by atoms with Crippen molar-refractivity contribution in [2.24, 2.45) is 0 Å². The molecule has 2 heteroatoms. The van der Waals surface area contributed by atoms with Crippen LogP contribution in [0.15, 0.2) is 18.3 Å². The van der Waals surface area contributed by atoms with Crippen molar-refractivity contribution in [2.45, 2.75) is 38.6 Å². The van der Waals surface area contributed by atoms with Gasteiger partial charge in [-0.15, -0.1) is 0 Å². The summed E-state index contributed by atoms with van der Waals surface area (Å²) >= 11 is 0. The maximum atomic E-state index is 4.51. The third-order valence-electron chi connectivity index (χ3n) is 2.95. The maximum absolute atomic E-state index is 4.51. The summed E-state index contributed by atoms with van der Waals surface area (Å²) in [5, 5.41) is 3.55. The fourth-order valence-electron chi connectivity index (χ4n) is 2.15. The maximum Gasteiger partial charge on any atom is 0.0604 e. The number of nitrogens with zero attached hydrogens (tertiary/aromatic N) is 1. The molecule has 0 aromatic carbocycles. The molecule has 1 atom stereocenters. The van der Waals surface area contributed by atoms with E-state index in [0.29, 0.717) is 6.04 Å². The van der Waals surface area contributed by atoms with Crippen LogP contribution in [0.5, 0.6) is 0 Å². The summed E-state index contributed by atoms with van der Waals surface area (Å²) in [4.78, 5) is 4.51. The molecule has 1 aromatic heterocycles. The Hall–Kier alpha value is -0.890. The van der Waals surface area contributed by atoms with Gasteiger partial charge >= 0.3 is 0 Å². The van der Waals surface area contributed by atoms with Gasteiger partial charge in [0.1, 0.15) is 0 Å². The van der Waals surface area contributed by atoms with Gasteiger partial charge in [-0.1, -0.05) is 19.4 Å². The molecular weight excluding hydrogens is 172 g/mol. The Morgan fingerprint density at radius 2 is 2.43 bits per heavy atom. The van der Waals surface area contributed by atoms with Crippen LogP contribution in [0.2, 0.25) is 0 Å². The quantitative estimate of drug-likeness (QED) is 0.775. The predicted molar refractivity (Wildman–Crippen MR) is 58.2 cm³/mol. The Morgan fingerprint density at radius 1 is 1.50 bits per heavy atom. The molecule has 1 aromatic rings. The number of hydrogen-bond donors (Lipinski definition) is 1. The van der Waals surface area contributed by atoms with Gasteiger partial charge in [-0.2, -0.15) is 0 Å². The third-order valence-corrected chi connectivity index (χ3v) is 2.95. The van der Waals surface area contributed by atoms with E-state index >= 15 is 0 Å². The van der Waals surface area contributed by atoms with Crippen LogP contribution in [0.4, 0.5) is 0 Å². The second kappa shape index (κ2) is 4.56. The number of nitrogens with one attached hydrogen (secondary N) is 1. The smallest absolute Gasteiger partial charge is 0.0604 e. The molecule has 2 rings (SSSR count). The van der Waals surface area contributed by atoms with Crippen LogP contribution in [-0.2, 0) is 6.42 Å². The van der Waals surface area contributed by atoms with Gasteiger partial charge in [-0.05, 0) is 37.4 Å². The molecular formula is C12H18N2. The molecule has 0 radical (unpaired) electrons. The number of aromatic nitrogens is 1. The minimum absolute atomic E-state index is 0.500. The normalized spacial score (nSPS) is 22.2. The standard InChI is InChI=1S/C12H18N2/c1-2-10-6-5-9-14-12(10)11-7-3-4-8-13-11/h5-6,9,11,13H,2-4,7-8H2,1H3. The SMILES string of the molecule is CCc1cccnc1C1CCCCN1. The van der Waals surface area contributed by atoms with Crippen molar-refractivity contribution < 1.29 is 0 Å². The van der Waals surface area contributed by atoms with Gasteiger partial charge in [0.15, 0.2) is 0 Å².